The van der Waals surface area contributed by atoms with Crippen LogP contribution < -0.4 is 0 Å². The number of hydrogen-bond donors (Lipinski definition) is 1. The summed E-state index contributed by atoms with van der Waals surface area (Å²) in [5.74, 6) is -0.861. The highest BCUT2D eigenvalue weighted by Crippen LogP contribution is 2.23. The van der Waals surface area contributed by atoms with Crippen LogP contribution in [-0.2, 0) is 11.2 Å². The number of carboxylic acids is 1. The van der Waals surface area contributed by atoms with Crippen LogP contribution in [0.25, 0.3) is 0 Å². The number of aromatic nitrogens is 3. The molecule has 0 fully saturated rings. The van der Waals surface area contributed by atoms with Gasteiger partial charge in [0.25, 0.3) is 0 Å². The van der Waals surface area contributed by atoms with Gasteiger partial charge in [-0.3, -0.25) is 9.78 Å². The van der Waals surface area contributed by atoms with Crippen molar-refractivity contribution in [2.45, 2.75) is 26.2 Å². The maximum Gasteiger partial charge on any atom is 0.307 e. The highest BCUT2D eigenvalue weighted by Gasteiger charge is 2.25. The molecule has 0 aromatic carbocycles. The van der Waals surface area contributed by atoms with Crippen molar-refractivity contribution in [3.8, 4) is 0 Å². The Balaban J connectivity index is 2.09. The fourth-order valence-electron chi connectivity index (χ4n) is 1.64. The largest absolute Gasteiger partial charge is 0.481 e. The molecule has 6 nitrogen and oxygen atoms in total. The zero-order valence-corrected chi connectivity index (χ0v) is 10.8. The van der Waals surface area contributed by atoms with Crippen LogP contribution in [0.2, 0.25) is 0 Å². The Labute approximate surface area is 110 Å². The third kappa shape index (κ3) is 3.15. The summed E-state index contributed by atoms with van der Waals surface area (Å²) in [6, 6.07) is 3.76. The van der Waals surface area contributed by atoms with E-state index in [1.807, 2.05) is 12.1 Å². The van der Waals surface area contributed by atoms with Gasteiger partial charge in [0.1, 0.15) is 0 Å². The molecule has 2 aromatic heterocycles. The van der Waals surface area contributed by atoms with Crippen LogP contribution in [0.15, 0.2) is 29.0 Å². The molecule has 19 heavy (non-hydrogen) atoms. The normalized spacial score (nSPS) is 14.0. The predicted octanol–water partition coefficient (Wildman–Crippen LogP) is 1.88. The molecule has 0 saturated carbocycles. The summed E-state index contributed by atoms with van der Waals surface area (Å²) < 4.78 is 5.13. The lowest BCUT2D eigenvalue weighted by molar-refractivity contribution is -0.141. The van der Waals surface area contributed by atoms with E-state index in [4.69, 9.17) is 9.63 Å². The van der Waals surface area contributed by atoms with E-state index in [0.717, 1.165) is 5.56 Å². The second-order valence-corrected chi connectivity index (χ2v) is 4.50. The second kappa shape index (κ2) is 5.60. The van der Waals surface area contributed by atoms with Crippen molar-refractivity contribution >= 4 is 5.97 Å². The molecule has 2 rings (SSSR count). The van der Waals surface area contributed by atoms with Crippen molar-refractivity contribution in [1.82, 2.24) is 15.1 Å². The Kier molecular flexibility index (Phi) is 3.89. The zero-order valence-electron chi connectivity index (χ0n) is 10.8. The summed E-state index contributed by atoms with van der Waals surface area (Å²) in [6.45, 7) is 3.39. The minimum atomic E-state index is -0.875. The van der Waals surface area contributed by atoms with Gasteiger partial charge >= 0.3 is 5.97 Å². The molecular weight excluding hydrogens is 246 g/mol. The first-order valence-corrected chi connectivity index (χ1v) is 6.02. The molecule has 2 heterocycles. The van der Waals surface area contributed by atoms with Crippen LogP contribution >= 0.6 is 0 Å². The first-order chi connectivity index (χ1) is 9.08. The molecule has 0 aliphatic carbocycles. The van der Waals surface area contributed by atoms with Crippen molar-refractivity contribution < 1.29 is 14.4 Å². The number of aliphatic carboxylic acids is 1. The number of carboxylic acid groups (broad SMARTS) is 1. The molecule has 0 aliphatic heterocycles. The summed E-state index contributed by atoms with van der Waals surface area (Å²) in [7, 11) is 0. The van der Waals surface area contributed by atoms with Gasteiger partial charge in [-0.25, -0.2) is 0 Å². The molecule has 2 aromatic rings. The van der Waals surface area contributed by atoms with Crippen molar-refractivity contribution in [3.63, 3.8) is 0 Å². The molecule has 2 unspecified atom stereocenters. The SMILES string of the molecule is CC(C(=O)O)C(C)c1nc(Cc2cccnc2)no1. The molecule has 2 atom stereocenters. The number of carbonyl (C=O) groups is 1. The average Bonchev–Trinajstić information content (AvgIpc) is 2.86. The standard InChI is InChI=1S/C13H15N3O3/c1-8(9(2)13(17)18)12-15-11(16-19-12)6-10-4-3-5-14-7-10/h3-5,7-9H,6H2,1-2H3,(H,17,18). The van der Waals surface area contributed by atoms with Crippen LogP contribution in [0.3, 0.4) is 0 Å². The lowest BCUT2D eigenvalue weighted by atomic mass is 9.96. The van der Waals surface area contributed by atoms with Crippen LogP contribution in [0, 0.1) is 5.92 Å². The van der Waals surface area contributed by atoms with E-state index < -0.39 is 11.9 Å². The van der Waals surface area contributed by atoms with Gasteiger partial charge in [0.2, 0.25) is 5.89 Å². The lowest BCUT2D eigenvalue weighted by Crippen LogP contribution is -2.16. The van der Waals surface area contributed by atoms with Gasteiger partial charge in [-0.15, -0.1) is 0 Å². The van der Waals surface area contributed by atoms with E-state index in [1.54, 1.807) is 26.2 Å². The Hall–Kier alpha value is -2.24. The van der Waals surface area contributed by atoms with Crippen molar-refractivity contribution in [2.75, 3.05) is 0 Å². The molecule has 0 bridgehead atoms. The Morgan fingerprint density at radius 1 is 1.47 bits per heavy atom. The number of rotatable bonds is 5. The molecule has 100 valence electrons. The fourth-order valence-corrected chi connectivity index (χ4v) is 1.64. The summed E-state index contributed by atoms with van der Waals surface area (Å²) in [6.07, 6.45) is 3.95. The summed E-state index contributed by atoms with van der Waals surface area (Å²) >= 11 is 0. The predicted molar refractivity (Wildman–Crippen MR) is 66.6 cm³/mol. The highest BCUT2D eigenvalue weighted by molar-refractivity contribution is 5.70. The number of hydrogen-bond acceptors (Lipinski definition) is 5. The quantitative estimate of drug-likeness (QED) is 0.883. The van der Waals surface area contributed by atoms with Gasteiger partial charge in [-0.2, -0.15) is 4.98 Å². The van der Waals surface area contributed by atoms with Gasteiger partial charge in [0.05, 0.1) is 5.92 Å². The molecule has 0 saturated heterocycles. The first-order valence-electron chi connectivity index (χ1n) is 6.02. The van der Waals surface area contributed by atoms with Gasteiger partial charge in [-0.05, 0) is 11.6 Å². The molecule has 0 spiro atoms. The molecular formula is C13H15N3O3. The third-order valence-electron chi connectivity index (χ3n) is 3.10. The van der Waals surface area contributed by atoms with E-state index in [-0.39, 0.29) is 5.92 Å². The maximum atomic E-state index is 10.9. The van der Waals surface area contributed by atoms with Crippen molar-refractivity contribution in [1.29, 1.82) is 0 Å². The molecule has 0 radical (unpaired) electrons. The van der Waals surface area contributed by atoms with E-state index >= 15 is 0 Å². The molecule has 0 aliphatic rings. The zero-order chi connectivity index (χ0) is 13.8. The fraction of sp³-hybridized carbons (Fsp3) is 0.385. The van der Waals surface area contributed by atoms with Crippen molar-refractivity contribution in [3.05, 3.63) is 41.8 Å². The smallest absolute Gasteiger partial charge is 0.307 e. The summed E-state index contributed by atoms with van der Waals surface area (Å²) in [5.41, 5.74) is 0.980. The minimum absolute atomic E-state index is 0.312. The summed E-state index contributed by atoms with van der Waals surface area (Å²) in [4.78, 5) is 19.2. The van der Waals surface area contributed by atoms with E-state index in [2.05, 4.69) is 15.1 Å². The Morgan fingerprint density at radius 2 is 2.26 bits per heavy atom. The second-order valence-electron chi connectivity index (χ2n) is 4.50. The molecule has 0 amide bonds. The Bertz CT molecular complexity index is 553. The van der Waals surface area contributed by atoms with Crippen LogP contribution in [0.4, 0.5) is 0 Å². The monoisotopic (exact) mass is 261 g/mol. The average molecular weight is 261 g/mol. The highest BCUT2D eigenvalue weighted by atomic mass is 16.5. The van der Waals surface area contributed by atoms with Crippen LogP contribution in [-0.4, -0.2) is 26.2 Å². The van der Waals surface area contributed by atoms with Crippen LogP contribution in [0.5, 0.6) is 0 Å². The Morgan fingerprint density at radius 3 is 2.89 bits per heavy atom. The van der Waals surface area contributed by atoms with Gasteiger partial charge < -0.3 is 9.63 Å². The third-order valence-corrected chi connectivity index (χ3v) is 3.10. The lowest BCUT2D eigenvalue weighted by Gasteiger charge is -2.10. The number of pyridine rings is 1. The number of nitrogens with zero attached hydrogens (tertiary/aromatic N) is 3. The summed E-state index contributed by atoms with van der Waals surface area (Å²) in [5, 5.41) is 12.8. The van der Waals surface area contributed by atoms with Gasteiger partial charge in [0, 0.05) is 24.7 Å². The van der Waals surface area contributed by atoms with E-state index in [9.17, 15) is 4.79 Å². The maximum absolute atomic E-state index is 10.9. The van der Waals surface area contributed by atoms with Gasteiger partial charge in [-0.1, -0.05) is 25.1 Å². The van der Waals surface area contributed by atoms with E-state index in [0.29, 0.717) is 18.1 Å². The van der Waals surface area contributed by atoms with Crippen molar-refractivity contribution in [2.24, 2.45) is 5.92 Å². The minimum Gasteiger partial charge on any atom is -0.481 e. The first kappa shape index (κ1) is 13.2. The van der Waals surface area contributed by atoms with E-state index in [1.165, 1.54) is 0 Å². The molecule has 6 heteroatoms. The van der Waals surface area contributed by atoms with Crippen LogP contribution in [0.1, 0.15) is 37.0 Å². The molecule has 1 N–H and O–H groups in total. The topological polar surface area (TPSA) is 89.1 Å². The van der Waals surface area contributed by atoms with Gasteiger partial charge in [0.15, 0.2) is 5.82 Å².